The molecule has 2 N–H and O–H groups in total. The van der Waals surface area contributed by atoms with Crippen molar-refractivity contribution in [2.24, 2.45) is 5.73 Å². The molecular formula is C6H12ClNO3P+. The number of hydrogen-bond acceptors (Lipinski definition) is 4. The van der Waals surface area contributed by atoms with Crippen molar-refractivity contribution < 1.29 is 14.1 Å². The van der Waals surface area contributed by atoms with E-state index in [0.717, 1.165) is 0 Å². The Kier molecular flexibility index (Phi) is 4.11. The van der Waals surface area contributed by atoms with E-state index in [2.05, 4.69) is 0 Å². The third-order valence-corrected chi connectivity index (χ3v) is 3.09. The van der Waals surface area contributed by atoms with Crippen molar-refractivity contribution in [3.63, 3.8) is 0 Å². The van der Waals surface area contributed by atoms with E-state index in [1.54, 1.807) is 13.8 Å². The summed E-state index contributed by atoms with van der Waals surface area (Å²) in [6.45, 7) is 4.63. The largest absolute Gasteiger partial charge is 0.488 e. The molecule has 6 heteroatoms. The highest BCUT2D eigenvalue weighted by atomic mass is 35.7. The topological polar surface area (TPSA) is 69.4 Å². The summed E-state index contributed by atoms with van der Waals surface area (Å²) in [7, 11) is -2.29. The highest BCUT2D eigenvalue weighted by Gasteiger charge is 2.49. The fraction of sp³-hybridized carbons (Fsp3) is 0.833. The maximum absolute atomic E-state index is 11.1. The number of nitrogens with two attached hydrogens (primary N) is 1. The first-order valence-electron chi connectivity index (χ1n) is 3.41. The summed E-state index contributed by atoms with van der Waals surface area (Å²) < 4.78 is 15.5. The van der Waals surface area contributed by atoms with Gasteiger partial charge in [0.05, 0.1) is 6.10 Å². The number of halogens is 1. The lowest BCUT2D eigenvalue weighted by Crippen LogP contribution is -2.42. The van der Waals surface area contributed by atoms with Crippen LogP contribution in [0.1, 0.15) is 20.8 Å². The second-order valence-corrected chi connectivity index (χ2v) is 5.19. The van der Waals surface area contributed by atoms with E-state index in [-0.39, 0.29) is 6.10 Å². The quantitative estimate of drug-likeness (QED) is 0.570. The van der Waals surface area contributed by atoms with Crippen LogP contribution in [0.25, 0.3) is 0 Å². The van der Waals surface area contributed by atoms with Crippen LogP contribution in [0.15, 0.2) is 0 Å². The molecule has 0 aliphatic heterocycles. The van der Waals surface area contributed by atoms with E-state index in [9.17, 15) is 9.36 Å². The van der Waals surface area contributed by atoms with E-state index in [1.165, 1.54) is 6.92 Å². The van der Waals surface area contributed by atoms with Gasteiger partial charge >= 0.3 is 18.4 Å². The number of rotatable bonds is 3. The molecule has 70 valence electrons. The Morgan fingerprint density at radius 3 is 2.33 bits per heavy atom. The van der Waals surface area contributed by atoms with Gasteiger partial charge in [0.25, 0.3) is 0 Å². The number of esters is 1. The number of carbonyl (C=O) groups is 1. The van der Waals surface area contributed by atoms with Crippen molar-refractivity contribution in [1.82, 2.24) is 0 Å². The summed E-state index contributed by atoms with van der Waals surface area (Å²) in [5, 5.41) is -1.60. The lowest BCUT2D eigenvalue weighted by Gasteiger charge is -2.12. The van der Waals surface area contributed by atoms with Gasteiger partial charge in [0.15, 0.2) is 0 Å². The zero-order valence-corrected chi connectivity index (χ0v) is 8.85. The average Bonchev–Trinajstić information content (AvgIpc) is 1.85. The first-order valence-corrected chi connectivity index (χ1v) is 5.58. The minimum absolute atomic E-state index is 0.285. The van der Waals surface area contributed by atoms with Gasteiger partial charge < -0.3 is 4.74 Å². The minimum atomic E-state index is -2.29. The van der Waals surface area contributed by atoms with E-state index >= 15 is 0 Å². The third kappa shape index (κ3) is 3.05. The Hall–Kier alpha value is -0.180. The second kappa shape index (κ2) is 4.17. The van der Waals surface area contributed by atoms with Crippen LogP contribution in [-0.2, 0) is 14.1 Å². The van der Waals surface area contributed by atoms with Gasteiger partial charge in [-0.1, -0.05) is 0 Å². The van der Waals surface area contributed by atoms with E-state index in [4.69, 9.17) is 21.7 Å². The van der Waals surface area contributed by atoms with Crippen molar-refractivity contribution in [2.75, 3.05) is 0 Å². The maximum atomic E-state index is 11.1. The van der Waals surface area contributed by atoms with E-state index in [0.29, 0.717) is 0 Å². The van der Waals surface area contributed by atoms with Gasteiger partial charge in [0, 0.05) is 6.92 Å². The third-order valence-electron chi connectivity index (χ3n) is 1.12. The van der Waals surface area contributed by atoms with Gasteiger partial charge in [0.2, 0.25) is 11.2 Å². The van der Waals surface area contributed by atoms with Crippen LogP contribution in [0, 0.1) is 0 Å². The van der Waals surface area contributed by atoms with Crippen LogP contribution < -0.4 is 5.73 Å². The molecule has 0 aromatic heterocycles. The molecule has 0 aliphatic rings. The van der Waals surface area contributed by atoms with Crippen molar-refractivity contribution in [3.05, 3.63) is 0 Å². The summed E-state index contributed by atoms with van der Waals surface area (Å²) in [6.07, 6.45) is -0.285. The molecule has 2 unspecified atom stereocenters. The first kappa shape index (κ1) is 11.8. The molecule has 0 aromatic carbocycles. The molecule has 0 amide bonds. The van der Waals surface area contributed by atoms with Crippen LogP contribution in [0.5, 0.6) is 0 Å². The van der Waals surface area contributed by atoms with Gasteiger partial charge in [-0.2, -0.15) is 0 Å². The summed E-state index contributed by atoms with van der Waals surface area (Å²) in [4.78, 5) is 11.1. The molecule has 2 atom stereocenters. The molecule has 0 saturated heterocycles. The summed E-state index contributed by atoms with van der Waals surface area (Å²) in [5.74, 6) is -0.742. The summed E-state index contributed by atoms with van der Waals surface area (Å²) in [5.41, 5.74) is 5.36. The molecule has 4 nitrogen and oxygen atoms in total. The Bertz CT molecular complexity index is 205. The average molecular weight is 213 g/mol. The van der Waals surface area contributed by atoms with Gasteiger partial charge in [-0.25, -0.2) is 4.79 Å². The molecule has 0 saturated carbocycles. The van der Waals surface area contributed by atoms with Crippen LogP contribution >= 0.6 is 18.4 Å². The van der Waals surface area contributed by atoms with Crippen molar-refractivity contribution in [2.45, 2.75) is 32.2 Å². The number of carbonyl (C=O) groups excluding carboxylic acids is 1. The Balaban J connectivity index is 4.36. The van der Waals surface area contributed by atoms with Gasteiger partial charge in [-0.3, -0.25) is 5.73 Å². The number of ether oxygens (including phenoxy) is 1. The fourth-order valence-corrected chi connectivity index (χ4v) is 0.808. The maximum Gasteiger partial charge on any atom is 0.488 e. The summed E-state index contributed by atoms with van der Waals surface area (Å²) >= 11 is 5.23. The molecule has 0 aliphatic carbocycles. The van der Waals surface area contributed by atoms with Crippen LogP contribution in [0.3, 0.4) is 0 Å². The molecule has 0 bridgehead atoms. The monoisotopic (exact) mass is 212 g/mol. The van der Waals surface area contributed by atoms with E-state index in [1.807, 2.05) is 0 Å². The normalized spacial score (nSPS) is 17.0. The Morgan fingerprint density at radius 2 is 2.08 bits per heavy atom. The van der Waals surface area contributed by atoms with Crippen molar-refractivity contribution >= 4 is 24.4 Å². The van der Waals surface area contributed by atoms with Crippen LogP contribution in [0.2, 0.25) is 0 Å². The Labute approximate surface area is 77.0 Å². The van der Waals surface area contributed by atoms with Gasteiger partial charge in [-0.15, -0.1) is 0 Å². The standard InChI is InChI=1S/C6H12ClNO3P/c1-4(2)11-5(9)6(3,8)12(7)10/h4H,8H2,1-3H3/q+1. The van der Waals surface area contributed by atoms with Crippen molar-refractivity contribution in [3.8, 4) is 0 Å². The molecule has 0 radical (unpaired) electrons. The first-order chi connectivity index (χ1) is 5.28. The molecular weight excluding hydrogens is 200 g/mol. The SMILES string of the molecule is CC(C)OC(=O)C(C)(N)[P+](=O)Cl. The van der Waals surface area contributed by atoms with Crippen LogP contribution in [0.4, 0.5) is 0 Å². The lowest BCUT2D eigenvalue weighted by atomic mass is 10.3. The zero-order chi connectivity index (χ0) is 9.94. The molecule has 0 aromatic rings. The van der Waals surface area contributed by atoms with Gasteiger partial charge in [0.1, 0.15) is 0 Å². The van der Waals surface area contributed by atoms with Crippen LogP contribution in [-0.4, -0.2) is 17.4 Å². The predicted molar refractivity (Wildman–Crippen MR) is 47.3 cm³/mol. The second-order valence-electron chi connectivity index (χ2n) is 2.85. The fourth-order valence-electron chi connectivity index (χ4n) is 0.405. The zero-order valence-electron chi connectivity index (χ0n) is 7.20. The summed E-state index contributed by atoms with van der Waals surface area (Å²) in [6, 6.07) is 0. The smallest absolute Gasteiger partial charge is 0.458 e. The van der Waals surface area contributed by atoms with E-state index < -0.39 is 18.4 Å². The molecule has 0 heterocycles. The number of hydrogen-bond donors (Lipinski definition) is 1. The molecule has 0 spiro atoms. The highest BCUT2D eigenvalue weighted by molar-refractivity contribution is 7.75. The Morgan fingerprint density at radius 1 is 1.67 bits per heavy atom. The minimum Gasteiger partial charge on any atom is -0.458 e. The predicted octanol–water partition coefficient (Wildman–Crippen LogP) is 1.59. The molecule has 0 rings (SSSR count). The molecule has 0 fully saturated rings. The highest BCUT2D eigenvalue weighted by Crippen LogP contribution is 2.40. The van der Waals surface area contributed by atoms with Gasteiger partial charge in [-0.05, 0) is 18.4 Å². The lowest BCUT2D eigenvalue weighted by molar-refractivity contribution is -0.149. The van der Waals surface area contributed by atoms with Crippen molar-refractivity contribution in [1.29, 1.82) is 0 Å². The molecule has 12 heavy (non-hydrogen) atoms.